The van der Waals surface area contributed by atoms with Crippen molar-refractivity contribution in [3.05, 3.63) is 60.4 Å². The molecule has 2 aromatic carbocycles. The van der Waals surface area contributed by atoms with Crippen molar-refractivity contribution in [2.24, 2.45) is 0 Å². The highest BCUT2D eigenvalue weighted by Crippen LogP contribution is 2.37. The highest BCUT2D eigenvalue weighted by molar-refractivity contribution is 5.93. The van der Waals surface area contributed by atoms with E-state index in [0.717, 1.165) is 5.39 Å². The van der Waals surface area contributed by atoms with Crippen molar-refractivity contribution in [3.8, 4) is 23.0 Å². The number of aromatic carboxylic acids is 1. The zero-order chi connectivity index (χ0) is 19.7. The number of hydrogen-bond donors (Lipinski definition) is 1. The molecule has 0 aliphatic rings. The zero-order valence-corrected chi connectivity index (χ0v) is 15.2. The van der Waals surface area contributed by atoms with E-state index in [4.69, 9.17) is 19.3 Å². The lowest BCUT2D eigenvalue weighted by molar-refractivity contribution is 0.0696. The summed E-state index contributed by atoms with van der Waals surface area (Å²) in [7, 11) is 3.13. The third-order valence-corrected chi connectivity index (χ3v) is 4.33. The van der Waals surface area contributed by atoms with Crippen LogP contribution in [-0.4, -0.2) is 35.3 Å². The average molecular weight is 376 g/mol. The van der Waals surface area contributed by atoms with E-state index < -0.39 is 5.97 Å². The SMILES string of the molecule is COc1cc2nccc(Oc3ccc4ncc(C(=O)O)cc4c3)c2cc1OC. The van der Waals surface area contributed by atoms with Gasteiger partial charge in [0.1, 0.15) is 11.5 Å². The number of ether oxygens (including phenoxy) is 3. The lowest BCUT2D eigenvalue weighted by Crippen LogP contribution is -1.97. The Bertz CT molecular complexity index is 1210. The second-order valence-corrected chi connectivity index (χ2v) is 6.02. The Morgan fingerprint density at radius 3 is 2.43 bits per heavy atom. The molecule has 7 nitrogen and oxygen atoms in total. The van der Waals surface area contributed by atoms with E-state index in [0.29, 0.717) is 39.4 Å². The van der Waals surface area contributed by atoms with Gasteiger partial charge in [0.05, 0.1) is 30.8 Å². The number of carboxylic acid groups (broad SMARTS) is 1. The first-order valence-electron chi connectivity index (χ1n) is 8.41. The molecule has 140 valence electrons. The molecule has 0 aliphatic heterocycles. The summed E-state index contributed by atoms with van der Waals surface area (Å²) in [4.78, 5) is 19.7. The Hall–Kier alpha value is -3.87. The molecule has 0 saturated heterocycles. The maximum absolute atomic E-state index is 11.2. The van der Waals surface area contributed by atoms with Crippen LogP contribution in [-0.2, 0) is 0 Å². The van der Waals surface area contributed by atoms with Gasteiger partial charge in [-0.1, -0.05) is 0 Å². The Labute approximate surface area is 160 Å². The number of rotatable bonds is 5. The largest absolute Gasteiger partial charge is 0.493 e. The summed E-state index contributed by atoms with van der Waals surface area (Å²) in [5.74, 6) is 1.27. The highest BCUT2D eigenvalue weighted by Gasteiger charge is 2.12. The number of fused-ring (bicyclic) bond motifs is 2. The average Bonchev–Trinajstić information content (AvgIpc) is 2.72. The first kappa shape index (κ1) is 17.5. The maximum Gasteiger partial charge on any atom is 0.337 e. The molecule has 1 N–H and O–H groups in total. The van der Waals surface area contributed by atoms with Gasteiger partial charge in [0.2, 0.25) is 0 Å². The lowest BCUT2D eigenvalue weighted by atomic mass is 10.1. The Kier molecular flexibility index (Phi) is 4.41. The second kappa shape index (κ2) is 7.03. The summed E-state index contributed by atoms with van der Waals surface area (Å²) in [5.41, 5.74) is 1.50. The molecular weight excluding hydrogens is 360 g/mol. The van der Waals surface area contributed by atoms with Gasteiger partial charge >= 0.3 is 5.97 Å². The number of methoxy groups -OCH3 is 2. The van der Waals surface area contributed by atoms with E-state index in [-0.39, 0.29) is 5.56 Å². The fourth-order valence-electron chi connectivity index (χ4n) is 2.95. The van der Waals surface area contributed by atoms with Crippen molar-refractivity contribution < 1.29 is 24.1 Å². The summed E-state index contributed by atoms with van der Waals surface area (Å²) >= 11 is 0. The molecular formula is C21H16N2O5. The van der Waals surface area contributed by atoms with E-state index in [9.17, 15) is 4.79 Å². The smallest absolute Gasteiger partial charge is 0.337 e. The summed E-state index contributed by atoms with van der Waals surface area (Å²) in [6.07, 6.45) is 2.98. The molecule has 0 fully saturated rings. The normalized spacial score (nSPS) is 10.8. The molecule has 28 heavy (non-hydrogen) atoms. The van der Waals surface area contributed by atoms with Crippen LogP contribution in [0, 0.1) is 0 Å². The summed E-state index contributed by atoms with van der Waals surface area (Å²) < 4.78 is 16.8. The predicted molar refractivity (Wildman–Crippen MR) is 104 cm³/mol. The molecule has 0 saturated carbocycles. The molecule has 0 atom stereocenters. The number of carboxylic acids is 1. The fourth-order valence-corrected chi connectivity index (χ4v) is 2.95. The van der Waals surface area contributed by atoms with E-state index in [1.165, 1.54) is 6.20 Å². The molecule has 0 spiro atoms. The molecule has 0 aliphatic carbocycles. The number of carbonyl (C=O) groups is 1. The van der Waals surface area contributed by atoms with Crippen molar-refractivity contribution in [3.63, 3.8) is 0 Å². The number of aromatic nitrogens is 2. The molecule has 0 unspecified atom stereocenters. The standard InChI is InChI=1S/C21H16N2O5/c1-26-19-9-15-17(10-20(19)27-2)22-6-5-18(15)28-14-3-4-16-12(8-14)7-13(11-23-16)21(24)25/h3-11H,1-2H3,(H,24,25). The van der Waals surface area contributed by atoms with Gasteiger partial charge in [0.25, 0.3) is 0 Å². The molecule has 4 rings (SSSR count). The van der Waals surface area contributed by atoms with Gasteiger partial charge in [-0.05, 0) is 36.4 Å². The van der Waals surface area contributed by atoms with Gasteiger partial charge in [-0.2, -0.15) is 0 Å². The minimum atomic E-state index is -1.03. The second-order valence-electron chi connectivity index (χ2n) is 6.02. The van der Waals surface area contributed by atoms with Crippen LogP contribution in [0.5, 0.6) is 23.0 Å². The van der Waals surface area contributed by atoms with Crippen LogP contribution < -0.4 is 14.2 Å². The number of nitrogens with zero attached hydrogens (tertiary/aromatic N) is 2. The van der Waals surface area contributed by atoms with Gasteiger partial charge in [-0.25, -0.2) is 4.79 Å². The first-order chi connectivity index (χ1) is 13.6. The lowest BCUT2D eigenvalue weighted by Gasteiger charge is -2.12. The number of pyridine rings is 2. The van der Waals surface area contributed by atoms with E-state index in [1.807, 2.05) is 6.07 Å². The molecule has 2 heterocycles. The van der Waals surface area contributed by atoms with Crippen LogP contribution in [0.15, 0.2) is 54.9 Å². The van der Waals surface area contributed by atoms with Crippen LogP contribution >= 0.6 is 0 Å². The minimum Gasteiger partial charge on any atom is -0.493 e. The van der Waals surface area contributed by atoms with Crippen LogP contribution in [0.4, 0.5) is 0 Å². The van der Waals surface area contributed by atoms with Crippen LogP contribution in [0.3, 0.4) is 0 Å². The number of hydrogen-bond acceptors (Lipinski definition) is 6. The molecule has 0 amide bonds. The monoisotopic (exact) mass is 376 g/mol. The number of benzene rings is 2. The maximum atomic E-state index is 11.2. The van der Waals surface area contributed by atoms with Gasteiger partial charge in [-0.3, -0.25) is 9.97 Å². The van der Waals surface area contributed by atoms with Crippen LogP contribution in [0.2, 0.25) is 0 Å². The predicted octanol–water partition coefficient (Wildman–Crippen LogP) is 4.29. The summed E-state index contributed by atoms with van der Waals surface area (Å²) in [6, 6.07) is 12.2. The van der Waals surface area contributed by atoms with Crippen LogP contribution in [0.25, 0.3) is 21.8 Å². The Balaban J connectivity index is 1.78. The van der Waals surface area contributed by atoms with Crippen molar-refractivity contribution in [1.29, 1.82) is 0 Å². The minimum absolute atomic E-state index is 0.121. The zero-order valence-electron chi connectivity index (χ0n) is 15.2. The van der Waals surface area contributed by atoms with Gasteiger partial charge < -0.3 is 19.3 Å². The third-order valence-electron chi connectivity index (χ3n) is 4.33. The third kappa shape index (κ3) is 3.14. The quantitative estimate of drug-likeness (QED) is 0.555. The van der Waals surface area contributed by atoms with Crippen molar-refractivity contribution in [2.75, 3.05) is 14.2 Å². The summed E-state index contributed by atoms with van der Waals surface area (Å²) in [5, 5.41) is 10.6. The van der Waals surface area contributed by atoms with Gasteiger partial charge in [0.15, 0.2) is 11.5 Å². The van der Waals surface area contributed by atoms with Gasteiger partial charge in [-0.15, -0.1) is 0 Å². The van der Waals surface area contributed by atoms with Crippen molar-refractivity contribution in [2.45, 2.75) is 0 Å². The molecule has 4 aromatic rings. The van der Waals surface area contributed by atoms with E-state index in [1.54, 1.807) is 56.8 Å². The molecule has 0 bridgehead atoms. The van der Waals surface area contributed by atoms with Crippen molar-refractivity contribution >= 4 is 27.8 Å². The fraction of sp³-hybridized carbons (Fsp3) is 0.0952. The molecule has 2 aromatic heterocycles. The Morgan fingerprint density at radius 1 is 0.893 bits per heavy atom. The molecule has 0 radical (unpaired) electrons. The summed E-state index contributed by atoms with van der Waals surface area (Å²) in [6.45, 7) is 0. The van der Waals surface area contributed by atoms with Crippen LogP contribution in [0.1, 0.15) is 10.4 Å². The highest BCUT2D eigenvalue weighted by atomic mass is 16.5. The van der Waals surface area contributed by atoms with E-state index >= 15 is 0 Å². The van der Waals surface area contributed by atoms with E-state index in [2.05, 4.69) is 9.97 Å². The topological polar surface area (TPSA) is 90.8 Å². The first-order valence-corrected chi connectivity index (χ1v) is 8.41. The van der Waals surface area contributed by atoms with Gasteiger partial charge in [0, 0.05) is 29.2 Å². The molecule has 7 heteroatoms. The van der Waals surface area contributed by atoms with Crippen molar-refractivity contribution in [1.82, 2.24) is 9.97 Å². The Morgan fingerprint density at radius 2 is 1.68 bits per heavy atom.